The Morgan fingerprint density at radius 2 is 1.81 bits per heavy atom. The fourth-order valence-electron chi connectivity index (χ4n) is 2.37. The standard InChI is InChI=1S/C19H23ClN2O4S/c1-3-11-21-19(23)13-22-17-10-7-15(26-4-2)12-18(17)27(24,25)16-8-5-14(20)6-9-16/h5-10,12,22H,3-4,11,13H2,1-2H3,(H,21,23). The van der Waals surface area contributed by atoms with E-state index in [4.69, 9.17) is 16.3 Å². The molecule has 2 N–H and O–H groups in total. The van der Waals surface area contributed by atoms with Crippen LogP contribution in [0.4, 0.5) is 5.69 Å². The van der Waals surface area contributed by atoms with Gasteiger partial charge in [0, 0.05) is 17.6 Å². The Bertz CT molecular complexity index is 883. The van der Waals surface area contributed by atoms with Crippen LogP contribution in [0, 0.1) is 0 Å². The van der Waals surface area contributed by atoms with Crippen molar-refractivity contribution in [3.63, 3.8) is 0 Å². The Morgan fingerprint density at radius 3 is 2.44 bits per heavy atom. The Labute approximate surface area is 164 Å². The number of ether oxygens (including phenoxy) is 1. The van der Waals surface area contributed by atoms with Crippen molar-refractivity contribution in [2.45, 2.75) is 30.1 Å². The second-order valence-corrected chi connectivity index (χ2v) is 8.11. The number of carbonyl (C=O) groups excluding carboxylic acids is 1. The van der Waals surface area contributed by atoms with Crippen molar-refractivity contribution in [2.24, 2.45) is 0 Å². The van der Waals surface area contributed by atoms with Crippen LogP contribution >= 0.6 is 11.6 Å². The van der Waals surface area contributed by atoms with E-state index < -0.39 is 9.84 Å². The average Bonchev–Trinajstić information content (AvgIpc) is 2.65. The van der Waals surface area contributed by atoms with Gasteiger partial charge in [0.15, 0.2) is 0 Å². The van der Waals surface area contributed by atoms with Gasteiger partial charge >= 0.3 is 0 Å². The molecule has 0 spiro atoms. The van der Waals surface area contributed by atoms with Gasteiger partial charge in [0.1, 0.15) is 5.75 Å². The quantitative estimate of drug-likeness (QED) is 0.660. The van der Waals surface area contributed by atoms with E-state index in [1.807, 2.05) is 13.8 Å². The molecule has 2 rings (SSSR count). The summed E-state index contributed by atoms with van der Waals surface area (Å²) in [7, 11) is -3.82. The topological polar surface area (TPSA) is 84.5 Å². The van der Waals surface area contributed by atoms with E-state index in [1.165, 1.54) is 30.3 Å². The predicted molar refractivity (Wildman–Crippen MR) is 106 cm³/mol. The molecule has 0 heterocycles. The lowest BCUT2D eigenvalue weighted by atomic mass is 10.3. The summed E-state index contributed by atoms with van der Waals surface area (Å²) in [6.45, 7) is 4.72. The Hall–Kier alpha value is -2.25. The fourth-order valence-corrected chi connectivity index (χ4v) is 3.95. The van der Waals surface area contributed by atoms with E-state index >= 15 is 0 Å². The monoisotopic (exact) mass is 410 g/mol. The third-order valence-electron chi connectivity index (χ3n) is 3.69. The molecule has 2 aromatic rings. The molecule has 146 valence electrons. The van der Waals surface area contributed by atoms with Gasteiger partial charge < -0.3 is 15.4 Å². The molecule has 0 aliphatic rings. The summed E-state index contributed by atoms with van der Waals surface area (Å²) in [5.41, 5.74) is 0.333. The van der Waals surface area contributed by atoms with Gasteiger partial charge in [-0.1, -0.05) is 18.5 Å². The maximum atomic E-state index is 13.1. The number of carbonyl (C=O) groups is 1. The summed E-state index contributed by atoms with van der Waals surface area (Å²) in [5, 5.41) is 6.09. The second-order valence-electron chi connectivity index (χ2n) is 5.75. The summed E-state index contributed by atoms with van der Waals surface area (Å²) in [4.78, 5) is 12.0. The number of sulfone groups is 1. The van der Waals surface area contributed by atoms with Crippen LogP contribution in [0.3, 0.4) is 0 Å². The van der Waals surface area contributed by atoms with E-state index in [0.29, 0.717) is 29.6 Å². The summed E-state index contributed by atoms with van der Waals surface area (Å²) in [6, 6.07) is 10.7. The first-order valence-electron chi connectivity index (χ1n) is 8.66. The number of hydrogen-bond donors (Lipinski definition) is 2. The molecule has 0 saturated carbocycles. The summed E-state index contributed by atoms with van der Waals surface area (Å²) in [6.07, 6.45) is 0.824. The summed E-state index contributed by atoms with van der Waals surface area (Å²) >= 11 is 5.86. The van der Waals surface area contributed by atoms with Crippen molar-refractivity contribution < 1.29 is 17.9 Å². The lowest BCUT2D eigenvalue weighted by Gasteiger charge is -2.15. The largest absolute Gasteiger partial charge is 0.494 e. The average molecular weight is 411 g/mol. The van der Waals surface area contributed by atoms with Gasteiger partial charge in [0.2, 0.25) is 15.7 Å². The molecule has 1 amide bonds. The van der Waals surface area contributed by atoms with Crippen molar-refractivity contribution in [2.75, 3.05) is 25.0 Å². The number of benzene rings is 2. The number of halogens is 1. The first-order valence-corrected chi connectivity index (χ1v) is 10.5. The van der Waals surface area contributed by atoms with Gasteiger partial charge in [-0.25, -0.2) is 8.42 Å². The molecule has 0 aliphatic heterocycles. The molecule has 0 aliphatic carbocycles. The molecule has 8 heteroatoms. The minimum Gasteiger partial charge on any atom is -0.494 e. The zero-order chi connectivity index (χ0) is 19.9. The minimum absolute atomic E-state index is 0.0306. The Morgan fingerprint density at radius 1 is 1.11 bits per heavy atom. The Balaban J connectivity index is 2.37. The lowest BCUT2D eigenvalue weighted by molar-refractivity contribution is -0.119. The number of hydrogen-bond acceptors (Lipinski definition) is 5. The van der Waals surface area contributed by atoms with Crippen molar-refractivity contribution in [3.05, 3.63) is 47.5 Å². The fraction of sp³-hybridized carbons (Fsp3) is 0.316. The van der Waals surface area contributed by atoms with Gasteiger partial charge in [-0.3, -0.25) is 4.79 Å². The molecular formula is C19H23ClN2O4S. The number of anilines is 1. The van der Waals surface area contributed by atoms with Gasteiger partial charge in [-0.05, 0) is 49.7 Å². The van der Waals surface area contributed by atoms with Crippen LogP contribution in [0.1, 0.15) is 20.3 Å². The zero-order valence-corrected chi connectivity index (χ0v) is 16.9. The van der Waals surface area contributed by atoms with E-state index in [9.17, 15) is 13.2 Å². The van der Waals surface area contributed by atoms with Crippen LogP contribution < -0.4 is 15.4 Å². The first-order chi connectivity index (χ1) is 12.9. The van der Waals surface area contributed by atoms with Crippen LogP contribution in [0.15, 0.2) is 52.3 Å². The van der Waals surface area contributed by atoms with Crippen molar-refractivity contribution in [3.8, 4) is 5.75 Å². The SMILES string of the molecule is CCCNC(=O)CNc1ccc(OCC)cc1S(=O)(=O)c1ccc(Cl)cc1. The van der Waals surface area contributed by atoms with Crippen LogP contribution in [0.2, 0.25) is 5.02 Å². The third kappa shape index (κ3) is 5.61. The number of rotatable bonds is 9. The van der Waals surface area contributed by atoms with E-state index in [1.54, 1.807) is 12.1 Å². The molecule has 0 radical (unpaired) electrons. The van der Waals surface area contributed by atoms with Gasteiger partial charge in [-0.2, -0.15) is 0 Å². The highest BCUT2D eigenvalue weighted by atomic mass is 35.5. The second kappa shape index (κ2) is 9.62. The zero-order valence-electron chi connectivity index (χ0n) is 15.3. The first kappa shape index (κ1) is 21.1. The van der Waals surface area contributed by atoms with E-state index in [0.717, 1.165) is 6.42 Å². The maximum Gasteiger partial charge on any atom is 0.239 e. The normalized spacial score (nSPS) is 11.1. The maximum absolute atomic E-state index is 13.1. The van der Waals surface area contributed by atoms with E-state index in [2.05, 4.69) is 10.6 Å². The molecule has 0 bridgehead atoms. The highest BCUT2D eigenvalue weighted by molar-refractivity contribution is 7.91. The van der Waals surface area contributed by atoms with Crippen molar-refractivity contribution >= 4 is 33.0 Å². The summed E-state index contributed by atoms with van der Waals surface area (Å²) in [5.74, 6) is 0.228. The number of amides is 1. The third-order valence-corrected chi connectivity index (χ3v) is 5.75. The van der Waals surface area contributed by atoms with E-state index in [-0.39, 0.29) is 22.2 Å². The molecule has 2 aromatic carbocycles. The van der Waals surface area contributed by atoms with Crippen molar-refractivity contribution in [1.82, 2.24) is 5.32 Å². The molecule has 0 atom stereocenters. The Kier molecular flexibility index (Phi) is 7.50. The summed E-state index contributed by atoms with van der Waals surface area (Å²) < 4.78 is 31.6. The van der Waals surface area contributed by atoms with Gasteiger partial charge in [0.25, 0.3) is 0 Å². The van der Waals surface area contributed by atoms with Gasteiger partial charge in [-0.15, -0.1) is 0 Å². The molecule has 27 heavy (non-hydrogen) atoms. The molecular weight excluding hydrogens is 388 g/mol. The molecule has 6 nitrogen and oxygen atoms in total. The minimum atomic E-state index is -3.82. The molecule has 0 fully saturated rings. The van der Waals surface area contributed by atoms with Crippen LogP contribution in [-0.2, 0) is 14.6 Å². The van der Waals surface area contributed by atoms with Crippen LogP contribution in [0.25, 0.3) is 0 Å². The smallest absolute Gasteiger partial charge is 0.239 e. The highest BCUT2D eigenvalue weighted by Gasteiger charge is 2.22. The predicted octanol–water partition coefficient (Wildman–Crippen LogP) is 3.51. The molecule has 0 saturated heterocycles. The van der Waals surface area contributed by atoms with Crippen molar-refractivity contribution in [1.29, 1.82) is 0 Å². The highest BCUT2D eigenvalue weighted by Crippen LogP contribution is 2.31. The molecule has 0 aromatic heterocycles. The number of nitrogens with one attached hydrogen (secondary N) is 2. The lowest BCUT2D eigenvalue weighted by Crippen LogP contribution is -2.30. The molecule has 0 unspecified atom stereocenters. The van der Waals surface area contributed by atoms with Gasteiger partial charge in [0.05, 0.1) is 28.6 Å². The van der Waals surface area contributed by atoms with Crippen LogP contribution in [0.5, 0.6) is 5.75 Å². The van der Waals surface area contributed by atoms with Crippen LogP contribution in [-0.4, -0.2) is 34.0 Å².